The Morgan fingerprint density at radius 2 is 2.35 bits per heavy atom. The van der Waals surface area contributed by atoms with E-state index in [2.05, 4.69) is 30.2 Å². The molecule has 2 atom stereocenters. The first-order valence-electron chi connectivity index (χ1n) is 6.58. The molecular formula is C14H22N2O. The highest BCUT2D eigenvalue weighted by atomic mass is 16.5. The number of pyridine rings is 1. The molecule has 0 aromatic carbocycles. The third-order valence-electron chi connectivity index (χ3n) is 3.27. The SMILES string of the molecule is CCNC(c1cncc(C)c1)C1CCCCO1. The molecule has 3 nitrogen and oxygen atoms in total. The summed E-state index contributed by atoms with van der Waals surface area (Å²) in [4.78, 5) is 4.29. The Kier molecular flexibility index (Phi) is 4.51. The van der Waals surface area contributed by atoms with Gasteiger partial charge in [-0.2, -0.15) is 0 Å². The molecule has 0 spiro atoms. The minimum Gasteiger partial charge on any atom is -0.376 e. The van der Waals surface area contributed by atoms with Gasteiger partial charge in [-0.3, -0.25) is 4.98 Å². The predicted octanol–water partition coefficient (Wildman–Crippen LogP) is 2.61. The van der Waals surface area contributed by atoms with E-state index >= 15 is 0 Å². The Morgan fingerprint density at radius 3 is 3.00 bits per heavy atom. The van der Waals surface area contributed by atoms with Crippen molar-refractivity contribution in [1.29, 1.82) is 0 Å². The van der Waals surface area contributed by atoms with Crippen LogP contribution in [-0.4, -0.2) is 24.2 Å². The molecule has 2 unspecified atom stereocenters. The van der Waals surface area contributed by atoms with E-state index in [1.54, 1.807) is 0 Å². The predicted molar refractivity (Wildman–Crippen MR) is 69.0 cm³/mol. The molecule has 17 heavy (non-hydrogen) atoms. The van der Waals surface area contributed by atoms with E-state index in [0.717, 1.165) is 19.6 Å². The van der Waals surface area contributed by atoms with Crippen molar-refractivity contribution < 1.29 is 4.74 Å². The Balaban J connectivity index is 2.15. The number of nitrogens with one attached hydrogen (secondary N) is 1. The van der Waals surface area contributed by atoms with Gasteiger partial charge in [-0.1, -0.05) is 13.0 Å². The molecule has 1 aliphatic heterocycles. The summed E-state index contributed by atoms with van der Waals surface area (Å²) in [5.41, 5.74) is 2.46. The lowest BCUT2D eigenvalue weighted by molar-refractivity contribution is -0.00793. The van der Waals surface area contributed by atoms with E-state index in [9.17, 15) is 0 Å². The van der Waals surface area contributed by atoms with Gasteiger partial charge in [0.25, 0.3) is 0 Å². The van der Waals surface area contributed by atoms with Crippen LogP contribution >= 0.6 is 0 Å². The fourth-order valence-corrected chi connectivity index (χ4v) is 2.46. The fourth-order valence-electron chi connectivity index (χ4n) is 2.46. The molecule has 3 heteroatoms. The van der Waals surface area contributed by atoms with Crippen molar-refractivity contribution in [3.8, 4) is 0 Å². The normalized spacial score (nSPS) is 22.4. The zero-order valence-electron chi connectivity index (χ0n) is 10.8. The maximum Gasteiger partial charge on any atom is 0.0770 e. The van der Waals surface area contributed by atoms with Crippen molar-refractivity contribution in [3.05, 3.63) is 29.6 Å². The van der Waals surface area contributed by atoms with Gasteiger partial charge in [-0.15, -0.1) is 0 Å². The van der Waals surface area contributed by atoms with Crippen molar-refractivity contribution in [2.45, 2.75) is 45.3 Å². The van der Waals surface area contributed by atoms with Crippen LogP contribution in [0, 0.1) is 6.92 Å². The molecule has 1 aromatic heterocycles. The summed E-state index contributed by atoms with van der Waals surface area (Å²) in [6, 6.07) is 2.49. The van der Waals surface area contributed by atoms with E-state index in [0.29, 0.717) is 6.10 Å². The van der Waals surface area contributed by atoms with Crippen molar-refractivity contribution in [2.24, 2.45) is 0 Å². The average Bonchev–Trinajstić information content (AvgIpc) is 2.37. The van der Waals surface area contributed by atoms with Crippen molar-refractivity contribution >= 4 is 0 Å². The molecule has 0 saturated carbocycles. The number of rotatable bonds is 4. The topological polar surface area (TPSA) is 34.2 Å². The molecule has 0 bridgehead atoms. The highest BCUT2D eigenvalue weighted by Crippen LogP contribution is 2.26. The number of nitrogens with zero attached hydrogens (tertiary/aromatic N) is 1. The highest BCUT2D eigenvalue weighted by molar-refractivity contribution is 5.21. The quantitative estimate of drug-likeness (QED) is 0.869. The monoisotopic (exact) mass is 234 g/mol. The van der Waals surface area contributed by atoms with Crippen molar-refractivity contribution in [2.75, 3.05) is 13.2 Å². The van der Waals surface area contributed by atoms with E-state index in [-0.39, 0.29) is 6.04 Å². The first-order chi connectivity index (χ1) is 8.31. The number of aromatic nitrogens is 1. The zero-order chi connectivity index (χ0) is 12.1. The summed E-state index contributed by atoms with van der Waals surface area (Å²) in [6.07, 6.45) is 7.76. The Bertz CT molecular complexity index is 348. The fraction of sp³-hybridized carbons (Fsp3) is 0.643. The molecule has 1 fully saturated rings. The molecule has 0 radical (unpaired) electrons. The van der Waals surface area contributed by atoms with E-state index in [1.807, 2.05) is 12.4 Å². The molecule has 2 rings (SSSR count). The maximum atomic E-state index is 5.90. The van der Waals surface area contributed by atoms with Crippen LogP contribution in [-0.2, 0) is 4.74 Å². The molecule has 0 aliphatic carbocycles. The molecule has 94 valence electrons. The van der Waals surface area contributed by atoms with Crippen LogP contribution in [0.1, 0.15) is 43.4 Å². The van der Waals surface area contributed by atoms with Gasteiger partial charge in [0.1, 0.15) is 0 Å². The number of hydrogen-bond donors (Lipinski definition) is 1. The largest absolute Gasteiger partial charge is 0.376 e. The number of hydrogen-bond acceptors (Lipinski definition) is 3. The van der Waals surface area contributed by atoms with Crippen LogP contribution in [0.3, 0.4) is 0 Å². The number of ether oxygens (including phenoxy) is 1. The average molecular weight is 234 g/mol. The lowest BCUT2D eigenvalue weighted by atomic mass is 9.96. The van der Waals surface area contributed by atoms with E-state index in [1.165, 1.54) is 24.0 Å². The molecule has 0 amide bonds. The van der Waals surface area contributed by atoms with Crippen LogP contribution in [0.2, 0.25) is 0 Å². The highest BCUT2D eigenvalue weighted by Gasteiger charge is 2.25. The van der Waals surface area contributed by atoms with Gasteiger partial charge in [0.05, 0.1) is 12.1 Å². The molecule has 1 aromatic rings. The summed E-state index contributed by atoms with van der Waals surface area (Å²) < 4.78 is 5.90. The standard InChI is InChI=1S/C14H22N2O/c1-3-16-14(13-6-4-5-7-17-13)12-8-11(2)9-15-10-12/h8-10,13-14,16H,3-7H2,1-2H3. The van der Waals surface area contributed by atoms with Gasteiger partial charge < -0.3 is 10.1 Å². The minimum atomic E-state index is 0.285. The van der Waals surface area contributed by atoms with Crippen molar-refractivity contribution in [1.82, 2.24) is 10.3 Å². The molecule has 1 N–H and O–H groups in total. The van der Waals surface area contributed by atoms with Crippen LogP contribution in [0.5, 0.6) is 0 Å². The zero-order valence-corrected chi connectivity index (χ0v) is 10.8. The maximum absolute atomic E-state index is 5.90. The second-order valence-corrected chi connectivity index (χ2v) is 4.74. The lowest BCUT2D eigenvalue weighted by Crippen LogP contribution is -2.36. The summed E-state index contributed by atoms with van der Waals surface area (Å²) in [7, 11) is 0. The van der Waals surface area contributed by atoms with Crippen LogP contribution in [0.15, 0.2) is 18.5 Å². The second kappa shape index (κ2) is 6.12. The molecular weight excluding hydrogens is 212 g/mol. The van der Waals surface area contributed by atoms with Gasteiger partial charge in [-0.05, 0) is 43.9 Å². The number of aryl methyl sites for hydroxylation is 1. The number of likely N-dealkylation sites (N-methyl/N-ethyl adjacent to an activating group) is 1. The Morgan fingerprint density at radius 1 is 1.47 bits per heavy atom. The van der Waals surface area contributed by atoms with Crippen LogP contribution < -0.4 is 5.32 Å². The first-order valence-corrected chi connectivity index (χ1v) is 6.58. The smallest absolute Gasteiger partial charge is 0.0770 e. The van der Waals surface area contributed by atoms with Crippen molar-refractivity contribution in [3.63, 3.8) is 0 Å². The van der Waals surface area contributed by atoms with Gasteiger partial charge in [0.2, 0.25) is 0 Å². The minimum absolute atomic E-state index is 0.285. The summed E-state index contributed by atoms with van der Waals surface area (Å²) in [5, 5.41) is 3.53. The van der Waals surface area contributed by atoms with Gasteiger partial charge >= 0.3 is 0 Å². The second-order valence-electron chi connectivity index (χ2n) is 4.74. The summed E-state index contributed by atoms with van der Waals surface area (Å²) in [6.45, 7) is 6.07. The summed E-state index contributed by atoms with van der Waals surface area (Å²) in [5.74, 6) is 0. The van der Waals surface area contributed by atoms with Gasteiger partial charge in [0, 0.05) is 19.0 Å². The molecule has 1 saturated heterocycles. The van der Waals surface area contributed by atoms with E-state index in [4.69, 9.17) is 4.74 Å². The summed E-state index contributed by atoms with van der Waals surface area (Å²) >= 11 is 0. The molecule has 1 aliphatic rings. The molecule has 2 heterocycles. The van der Waals surface area contributed by atoms with Crippen LogP contribution in [0.25, 0.3) is 0 Å². The third kappa shape index (κ3) is 3.27. The first kappa shape index (κ1) is 12.5. The van der Waals surface area contributed by atoms with Crippen LogP contribution in [0.4, 0.5) is 0 Å². The van der Waals surface area contributed by atoms with E-state index < -0.39 is 0 Å². The lowest BCUT2D eigenvalue weighted by Gasteiger charge is -2.31. The van der Waals surface area contributed by atoms with Gasteiger partial charge in [0.15, 0.2) is 0 Å². The Labute approximate surface area is 104 Å². The third-order valence-corrected chi connectivity index (χ3v) is 3.27. The Hall–Kier alpha value is -0.930. The van der Waals surface area contributed by atoms with Gasteiger partial charge in [-0.25, -0.2) is 0 Å².